The average molecular weight is 947 g/mol. The number of benzene rings is 11. The molecule has 0 aliphatic heterocycles. The summed E-state index contributed by atoms with van der Waals surface area (Å²) in [6.45, 7) is 0. The van der Waals surface area contributed by atoms with E-state index in [0.717, 1.165) is 111 Å². The molecule has 13 rings (SSSR count). The zero-order valence-electron chi connectivity index (χ0n) is 40.3. The summed E-state index contributed by atoms with van der Waals surface area (Å²) in [5.74, 6) is 1.70. The normalized spacial score (nSPS) is 11.2. The fourth-order valence-corrected chi connectivity index (χ4v) is 10.1. The molecule has 348 valence electrons. The van der Waals surface area contributed by atoms with E-state index < -0.39 is 0 Å². The smallest absolute Gasteiger partial charge is 0.164 e. The first-order valence-corrected chi connectivity index (χ1v) is 24.9. The molecule has 0 spiro atoms. The van der Waals surface area contributed by atoms with Gasteiger partial charge in [-0.1, -0.05) is 212 Å². The second-order valence-corrected chi connectivity index (χ2v) is 18.4. The van der Waals surface area contributed by atoms with Gasteiger partial charge >= 0.3 is 0 Å². The van der Waals surface area contributed by atoms with Crippen LogP contribution in [0.25, 0.3) is 112 Å². The van der Waals surface area contributed by atoms with E-state index in [2.05, 4.69) is 266 Å². The molecule has 0 saturated carbocycles. The van der Waals surface area contributed by atoms with E-state index in [0.29, 0.717) is 17.5 Å². The van der Waals surface area contributed by atoms with Crippen LogP contribution in [0.3, 0.4) is 0 Å². The minimum absolute atomic E-state index is 0.555. The number of anilines is 3. The van der Waals surface area contributed by atoms with Crippen LogP contribution in [0.15, 0.2) is 283 Å². The molecule has 0 N–H and O–H groups in total. The largest absolute Gasteiger partial charge is 0.456 e. The lowest BCUT2D eigenvalue weighted by molar-refractivity contribution is 0.669. The Morgan fingerprint density at radius 3 is 1.15 bits per heavy atom. The molecule has 0 fully saturated rings. The average Bonchev–Trinajstić information content (AvgIpc) is 3.87. The molecule has 0 unspecified atom stereocenters. The van der Waals surface area contributed by atoms with Gasteiger partial charge in [0.1, 0.15) is 11.2 Å². The number of rotatable bonds is 11. The fourth-order valence-electron chi connectivity index (χ4n) is 10.1. The molecule has 11 aromatic carbocycles. The zero-order chi connectivity index (χ0) is 49.2. The van der Waals surface area contributed by atoms with E-state index in [-0.39, 0.29) is 0 Å². The van der Waals surface area contributed by atoms with Crippen molar-refractivity contribution in [2.75, 3.05) is 4.90 Å². The molecule has 5 nitrogen and oxygen atoms in total. The topological polar surface area (TPSA) is 55.1 Å². The highest BCUT2D eigenvalue weighted by atomic mass is 16.3. The van der Waals surface area contributed by atoms with Crippen molar-refractivity contribution in [2.45, 2.75) is 0 Å². The Hall–Kier alpha value is -9.97. The lowest BCUT2D eigenvalue weighted by Crippen LogP contribution is -2.13. The van der Waals surface area contributed by atoms with Gasteiger partial charge in [-0.15, -0.1) is 0 Å². The molecule has 13 aromatic rings. The molecule has 2 aromatic heterocycles. The van der Waals surface area contributed by atoms with Gasteiger partial charge in [0.15, 0.2) is 17.5 Å². The van der Waals surface area contributed by atoms with Gasteiger partial charge in [-0.2, -0.15) is 0 Å². The van der Waals surface area contributed by atoms with Crippen LogP contribution in [-0.4, -0.2) is 15.0 Å². The van der Waals surface area contributed by atoms with E-state index in [4.69, 9.17) is 19.4 Å². The Kier molecular flexibility index (Phi) is 11.5. The Balaban J connectivity index is 1.07. The fraction of sp³-hybridized carbons (Fsp3) is 0. The number of hydrogen-bond acceptors (Lipinski definition) is 5. The Morgan fingerprint density at radius 2 is 0.622 bits per heavy atom. The van der Waals surface area contributed by atoms with Gasteiger partial charge in [0.25, 0.3) is 0 Å². The molecule has 0 radical (unpaired) electrons. The third-order valence-corrected chi connectivity index (χ3v) is 13.7. The quantitative estimate of drug-likeness (QED) is 0.129. The molecule has 0 bridgehead atoms. The third-order valence-electron chi connectivity index (χ3n) is 13.7. The maximum Gasteiger partial charge on any atom is 0.164 e. The van der Waals surface area contributed by atoms with Gasteiger partial charge in [-0.05, 0) is 105 Å². The molecule has 0 aliphatic rings. The van der Waals surface area contributed by atoms with Crippen LogP contribution in [0.2, 0.25) is 0 Å². The first kappa shape index (κ1) is 44.0. The molecule has 0 saturated heterocycles. The van der Waals surface area contributed by atoms with E-state index in [9.17, 15) is 0 Å². The number of nitrogens with zero attached hydrogens (tertiary/aromatic N) is 4. The SMILES string of the molecule is c1ccc(-c2ccc(-c3nc(-c4cc(-c5ccccc5)cc(-c5ccccc5)c4)nc(-c4cc(-c5ccccc5)c(N(c5ccccc5)c5ccc6c(c5)oc5ccccc56)c(-c5ccccc5)c4)n3)cc2)cc1. The summed E-state index contributed by atoms with van der Waals surface area (Å²) in [4.78, 5) is 18.7. The molecule has 0 aliphatic carbocycles. The molecular weight excluding hydrogens is 901 g/mol. The van der Waals surface area contributed by atoms with Crippen molar-refractivity contribution in [1.29, 1.82) is 0 Å². The van der Waals surface area contributed by atoms with Crippen molar-refractivity contribution in [3.05, 3.63) is 279 Å². The first-order chi connectivity index (χ1) is 36.7. The van der Waals surface area contributed by atoms with Crippen LogP contribution in [-0.2, 0) is 0 Å². The van der Waals surface area contributed by atoms with Crippen LogP contribution in [0, 0.1) is 0 Å². The second-order valence-electron chi connectivity index (χ2n) is 18.4. The van der Waals surface area contributed by atoms with Gasteiger partial charge in [0.2, 0.25) is 0 Å². The van der Waals surface area contributed by atoms with Gasteiger partial charge in [0, 0.05) is 56.0 Å². The summed E-state index contributed by atoms with van der Waals surface area (Å²) in [6, 6.07) is 97.8. The summed E-state index contributed by atoms with van der Waals surface area (Å²) < 4.78 is 6.56. The predicted molar refractivity (Wildman–Crippen MR) is 305 cm³/mol. The van der Waals surface area contributed by atoms with E-state index >= 15 is 0 Å². The van der Waals surface area contributed by atoms with Gasteiger partial charge < -0.3 is 9.32 Å². The number of furan rings is 1. The Labute approximate surface area is 430 Å². The standard InChI is InChI=1S/C69H46N4O/c1-7-21-47(22-8-1)50-35-37-53(38-36-50)67-70-68(56-42-54(48-23-9-2-10-24-48)41-55(43-56)49-25-11-3-12-26-49)72-69(71-67)57-44-62(51-27-13-4-14-28-51)66(63(45-57)52-29-15-5-16-30-52)73(58-31-17-6-18-32-58)59-39-40-61-60-33-19-20-34-64(60)74-65(61)46-59/h1-46H. The molecule has 5 heteroatoms. The number of fused-ring (bicyclic) bond motifs is 3. The van der Waals surface area contributed by atoms with Crippen molar-refractivity contribution in [3.8, 4) is 89.8 Å². The van der Waals surface area contributed by atoms with Crippen molar-refractivity contribution < 1.29 is 4.42 Å². The number of aromatic nitrogens is 3. The lowest BCUT2D eigenvalue weighted by Gasteiger charge is -2.31. The monoisotopic (exact) mass is 946 g/mol. The lowest BCUT2D eigenvalue weighted by atomic mass is 9.91. The molecule has 74 heavy (non-hydrogen) atoms. The highest BCUT2D eigenvalue weighted by Crippen LogP contribution is 2.49. The van der Waals surface area contributed by atoms with Crippen LogP contribution < -0.4 is 4.90 Å². The second kappa shape index (κ2) is 19.3. The summed E-state index contributed by atoms with van der Waals surface area (Å²) in [7, 11) is 0. The molecule has 0 atom stereocenters. The van der Waals surface area contributed by atoms with Crippen molar-refractivity contribution >= 4 is 39.0 Å². The van der Waals surface area contributed by atoms with E-state index in [1.54, 1.807) is 0 Å². The summed E-state index contributed by atoms with van der Waals surface area (Å²) in [6.07, 6.45) is 0. The maximum atomic E-state index is 6.56. The van der Waals surface area contributed by atoms with Gasteiger partial charge in [-0.3, -0.25) is 0 Å². The third kappa shape index (κ3) is 8.59. The highest BCUT2D eigenvalue weighted by Gasteiger charge is 2.26. The zero-order valence-corrected chi connectivity index (χ0v) is 40.3. The van der Waals surface area contributed by atoms with Crippen molar-refractivity contribution in [1.82, 2.24) is 15.0 Å². The summed E-state index contributed by atoms with van der Waals surface area (Å²) in [5.41, 5.74) is 18.0. The highest BCUT2D eigenvalue weighted by molar-refractivity contribution is 6.07. The number of para-hydroxylation sites is 2. The summed E-state index contributed by atoms with van der Waals surface area (Å²) in [5, 5.41) is 2.16. The number of hydrogen-bond donors (Lipinski definition) is 0. The van der Waals surface area contributed by atoms with Gasteiger partial charge in [-0.25, -0.2) is 15.0 Å². The van der Waals surface area contributed by atoms with Gasteiger partial charge in [0.05, 0.1) is 5.69 Å². The Morgan fingerprint density at radius 1 is 0.243 bits per heavy atom. The predicted octanol–water partition coefficient (Wildman–Crippen LogP) is 18.6. The van der Waals surface area contributed by atoms with Crippen LogP contribution >= 0.6 is 0 Å². The summed E-state index contributed by atoms with van der Waals surface area (Å²) >= 11 is 0. The van der Waals surface area contributed by atoms with E-state index in [1.165, 1.54) is 0 Å². The Bertz CT molecular complexity index is 3970. The van der Waals surface area contributed by atoms with Crippen molar-refractivity contribution in [3.63, 3.8) is 0 Å². The maximum absolute atomic E-state index is 6.56. The van der Waals surface area contributed by atoms with Crippen LogP contribution in [0.5, 0.6) is 0 Å². The van der Waals surface area contributed by atoms with E-state index in [1.807, 2.05) is 18.2 Å². The van der Waals surface area contributed by atoms with Crippen molar-refractivity contribution in [2.24, 2.45) is 0 Å². The van der Waals surface area contributed by atoms with Crippen LogP contribution in [0.4, 0.5) is 17.1 Å². The molecule has 0 amide bonds. The minimum Gasteiger partial charge on any atom is -0.456 e. The van der Waals surface area contributed by atoms with Crippen LogP contribution in [0.1, 0.15) is 0 Å². The molecule has 2 heterocycles. The first-order valence-electron chi connectivity index (χ1n) is 24.9. The molecular formula is C69H46N4O. The minimum atomic E-state index is 0.555.